The Kier molecular flexibility index (Phi) is 2.46. The van der Waals surface area contributed by atoms with Crippen LogP contribution >= 0.6 is 0 Å². The lowest BCUT2D eigenvalue weighted by molar-refractivity contribution is -0.0136. The minimum absolute atomic E-state index is 0.000833. The van der Waals surface area contributed by atoms with Gasteiger partial charge >= 0.3 is 0 Å². The molecule has 3 atom stereocenters. The topological polar surface area (TPSA) is 9.23 Å². The van der Waals surface area contributed by atoms with E-state index in [2.05, 4.69) is 45.0 Å². The van der Waals surface area contributed by atoms with Crippen LogP contribution in [0.2, 0.25) is 0 Å². The highest BCUT2D eigenvalue weighted by Crippen LogP contribution is 2.52. The fraction of sp³-hybridized carbons (Fsp3) is 0.625. The molecule has 0 amide bonds. The second-order valence-electron chi connectivity index (χ2n) is 6.37. The summed E-state index contributed by atoms with van der Waals surface area (Å²) in [6.07, 6.45) is 4.00. The molecule has 1 aliphatic carbocycles. The Morgan fingerprint density at radius 1 is 1.18 bits per heavy atom. The van der Waals surface area contributed by atoms with Crippen LogP contribution < -0.4 is 4.74 Å². The lowest BCUT2D eigenvalue weighted by Crippen LogP contribution is -2.46. The lowest BCUT2D eigenvalue weighted by atomic mass is 9.64. The summed E-state index contributed by atoms with van der Waals surface area (Å²) in [7, 11) is 0. The summed E-state index contributed by atoms with van der Waals surface area (Å²) in [4.78, 5) is 0. The van der Waals surface area contributed by atoms with Gasteiger partial charge in [0.1, 0.15) is 11.4 Å². The van der Waals surface area contributed by atoms with Crippen LogP contribution in [0.25, 0.3) is 0 Å². The quantitative estimate of drug-likeness (QED) is 0.642. The molecule has 1 nitrogen and oxygen atoms in total. The molecule has 17 heavy (non-hydrogen) atoms. The predicted molar refractivity (Wildman–Crippen MR) is 70.4 cm³/mol. The van der Waals surface area contributed by atoms with E-state index in [1.165, 1.54) is 24.8 Å². The maximum atomic E-state index is 6.22. The summed E-state index contributed by atoms with van der Waals surface area (Å²) in [6, 6.07) is 8.63. The molecule has 1 aromatic rings. The maximum Gasteiger partial charge on any atom is 0.123 e. The number of ether oxygens (including phenoxy) is 1. The van der Waals surface area contributed by atoms with E-state index >= 15 is 0 Å². The summed E-state index contributed by atoms with van der Waals surface area (Å²) in [5.74, 6) is 3.37. The van der Waals surface area contributed by atoms with E-state index in [0.717, 1.165) is 11.7 Å². The highest BCUT2D eigenvalue weighted by atomic mass is 16.5. The average molecular weight is 230 g/mol. The SMILES string of the molecule is CC1CC[C@@H]2C(C1)c1ccccc1OC2(C)C. The van der Waals surface area contributed by atoms with Gasteiger partial charge in [0.05, 0.1) is 0 Å². The first kappa shape index (κ1) is 11.1. The molecule has 1 heteroatoms. The van der Waals surface area contributed by atoms with E-state index in [0.29, 0.717) is 11.8 Å². The van der Waals surface area contributed by atoms with Gasteiger partial charge in [0.25, 0.3) is 0 Å². The van der Waals surface area contributed by atoms with Gasteiger partial charge in [-0.3, -0.25) is 0 Å². The highest BCUT2D eigenvalue weighted by Gasteiger charge is 2.45. The van der Waals surface area contributed by atoms with Gasteiger partial charge in [-0.25, -0.2) is 0 Å². The zero-order valence-electron chi connectivity index (χ0n) is 11.1. The number of fused-ring (bicyclic) bond motifs is 3. The third-order valence-corrected chi connectivity index (χ3v) is 4.70. The van der Waals surface area contributed by atoms with Crippen LogP contribution in [0.1, 0.15) is 51.5 Å². The van der Waals surface area contributed by atoms with Gasteiger partial charge < -0.3 is 4.74 Å². The molecule has 2 aliphatic rings. The van der Waals surface area contributed by atoms with Crippen LogP contribution in [0.3, 0.4) is 0 Å². The molecule has 1 aromatic carbocycles. The monoisotopic (exact) mass is 230 g/mol. The second kappa shape index (κ2) is 3.76. The molecule has 1 heterocycles. The predicted octanol–water partition coefficient (Wildman–Crippen LogP) is 4.38. The Morgan fingerprint density at radius 3 is 2.76 bits per heavy atom. The van der Waals surface area contributed by atoms with Gasteiger partial charge in [0.15, 0.2) is 0 Å². The van der Waals surface area contributed by atoms with Crippen molar-refractivity contribution in [2.45, 2.75) is 51.6 Å². The third-order valence-electron chi connectivity index (χ3n) is 4.70. The normalized spacial score (nSPS) is 34.4. The summed E-state index contributed by atoms with van der Waals surface area (Å²) in [6.45, 7) is 6.91. The molecule has 0 radical (unpaired) electrons. The van der Waals surface area contributed by atoms with Gasteiger partial charge in [-0.2, -0.15) is 0 Å². The van der Waals surface area contributed by atoms with Gasteiger partial charge in [-0.05, 0) is 50.2 Å². The van der Waals surface area contributed by atoms with E-state index in [1.54, 1.807) is 0 Å². The number of para-hydroxylation sites is 1. The first-order valence-electron chi connectivity index (χ1n) is 6.86. The Labute approximate surface area is 104 Å². The van der Waals surface area contributed by atoms with Gasteiger partial charge in [-0.15, -0.1) is 0 Å². The minimum Gasteiger partial charge on any atom is -0.487 e. The average Bonchev–Trinajstić information content (AvgIpc) is 2.28. The molecule has 0 saturated heterocycles. The van der Waals surface area contributed by atoms with Crippen molar-refractivity contribution in [2.75, 3.05) is 0 Å². The summed E-state index contributed by atoms with van der Waals surface area (Å²) in [5.41, 5.74) is 1.45. The summed E-state index contributed by atoms with van der Waals surface area (Å²) >= 11 is 0. The molecular weight excluding hydrogens is 208 g/mol. The Balaban J connectivity index is 2.05. The maximum absolute atomic E-state index is 6.22. The minimum atomic E-state index is -0.000833. The van der Waals surface area contributed by atoms with Crippen LogP contribution in [0.5, 0.6) is 5.75 Å². The molecule has 0 spiro atoms. The van der Waals surface area contributed by atoms with E-state index in [9.17, 15) is 0 Å². The van der Waals surface area contributed by atoms with Crippen molar-refractivity contribution in [3.63, 3.8) is 0 Å². The van der Waals surface area contributed by atoms with Crippen molar-refractivity contribution in [2.24, 2.45) is 11.8 Å². The van der Waals surface area contributed by atoms with Crippen molar-refractivity contribution < 1.29 is 4.74 Å². The molecule has 0 aromatic heterocycles. The van der Waals surface area contributed by atoms with Crippen molar-refractivity contribution >= 4 is 0 Å². The fourth-order valence-electron chi connectivity index (χ4n) is 3.80. The van der Waals surface area contributed by atoms with Gasteiger partial charge in [0, 0.05) is 5.92 Å². The zero-order chi connectivity index (χ0) is 12.0. The number of hydrogen-bond acceptors (Lipinski definition) is 1. The molecule has 92 valence electrons. The molecule has 3 rings (SSSR count). The Hall–Kier alpha value is -0.980. The third kappa shape index (κ3) is 1.76. The van der Waals surface area contributed by atoms with Crippen LogP contribution in [0.15, 0.2) is 24.3 Å². The largest absolute Gasteiger partial charge is 0.487 e. The van der Waals surface area contributed by atoms with Crippen LogP contribution in [0.4, 0.5) is 0 Å². The van der Waals surface area contributed by atoms with Crippen molar-refractivity contribution in [3.8, 4) is 5.75 Å². The Morgan fingerprint density at radius 2 is 1.94 bits per heavy atom. The first-order valence-corrected chi connectivity index (χ1v) is 6.86. The van der Waals surface area contributed by atoms with Crippen LogP contribution in [0, 0.1) is 11.8 Å². The van der Waals surface area contributed by atoms with Gasteiger partial charge in [-0.1, -0.05) is 31.5 Å². The van der Waals surface area contributed by atoms with E-state index < -0.39 is 0 Å². The molecule has 2 unspecified atom stereocenters. The number of hydrogen-bond donors (Lipinski definition) is 0. The van der Waals surface area contributed by atoms with Crippen LogP contribution in [-0.4, -0.2) is 5.60 Å². The van der Waals surface area contributed by atoms with Gasteiger partial charge in [0.2, 0.25) is 0 Å². The van der Waals surface area contributed by atoms with E-state index in [4.69, 9.17) is 4.74 Å². The Bertz CT molecular complexity index is 421. The first-order chi connectivity index (χ1) is 8.08. The molecule has 0 N–H and O–H groups in total. The molecule has 1 fully saturated rings. The zero-order valence-corrected chi connectivity index (χ0v) is 11.1. The fourth-order valence-corrected chi connectivity index (χ4v) is 3.80. The molecule has 0 bridgehead atoms. The molecule has 1 saturated carbocycles. The van der Waals surface area contributed by atoms with Crippen LogP contribution in [-0.2, 0) is 0 Å². The summed E-state index contributed by atoms with van der Waals surface area (Å²) in [5, 5.41) is 0. The highest BCUT2D eigenvalue weighted by molar-refractivity contribution is 5.40. The molecular formula is C16H22O. The number of rotatable bonds is 0. The molecule has 1 aliphatic heterocycles. The lowest BCUT2D eigenvalue weighted by Gasteiger charge is -2.48. The van der Waals surface area contributed by atoms with Crippen molar-refractivity contribution in [1.82, 2.24) is 0 Å². The second-order valence-corrected chi connectivity index (χ2v) is 6.37. The van der Waals surface area contributed by atoms with Crippen molar-refractivity contribution in [1.29, 1.82) is 0 Å². The summed E-state index contributed by atoms with van der Waals surface area (Å²) < 4.78 is 6.22. The van der Waals surface area contributed by atoms with Crippen molar-refractivity contribution in [3.05, 3.63) is 29.8 Å². The van der Waals surface area contributed by atoms with E-state index in [-0.39, 0.29) is 5.60 Å². The standard InChI is InChI=1S/C16H22O/c1-11-8-9-14-13(10-11)12-6-4-5-7-15(12)17-16(14,2)3/h4-7,11,13-14H,8-10H2,1-3H3/t11?,13?,14-/m1/s1. The smallest absolute Gasteiger partial charge is 0.123 e. The van der Waals surface area contributed by atoms with E-state index in [1.807, 2.05) is 0 Å². The number of benzene rings is 1.